The highest BCUT2D eigenvalue weighted by Gasteiger charge is 2.28. The molecule has 0 aliphatic carbocycles. The zero-order valence-corrected chi connectivity index (χ0v) is 8.48. The van der Waals surface area contributed by atoms with E-state index in [1.165, 1.54) is 4.88 Å². The molecule has 72 valence electrons. The highest BCUT2D eigenvalue weighted by Crippen LogP contribution is 2.24. The minimum atomic E-state index is -0.0108. The van der Waals surface area contributed by atoms with Crippen molar-refractivity contribution < 1.29 is 4.74 Å². The number of thiophene rings is 1. The first kappa shape index (κ1) is 9.19. The third-order valence-electron chi connectivity index (χ3n) is 2.59. The van der Waals surface area contributed by atoms with Crippen molar-refractivity contribution >= 4 is 11.3 Å². The van der Waals surface area contributed by atoms with E-state index in [4.69, 9.17) is 10.5 Å². The van der Waals surface area contributed by atoms with Crippen LogP contribution in [0.15, 0.2) is 17.5 Å². The van der Waals surface area contributed by atoms with Gasteiger partial charge in [0.05, 0.1) is 0 Å². The van der Waals surface area contributed by atoms with Crippen molar-refractivity contribution in [1.82, 2.24) is 0 Å². The Morgan fingerprint density at radius 2 is 2.23 bits per heavy atom. The quantitative estimate of drug-likeness (QED) is 0.784. The molecule has 0 radical (unpaired) electrons. The van der Waals surface area contributed by atoms with Gasteiger partial charge in [0, 0.05) is 23.6 Å². The van der Waals surface area contributed by atoms with Gasteiger partial charge in [0.1, 0.15) is 0 Å². The molecule has 2 nitrogen and oxygen atoms in total. The predicted octanol–water partition coefficient (Wildman–Crippen LogP) is 1.80. The summed E-state index contributed by atoms with van der Waals surface area (Å²) in [7, 11) is 0. The molecule has 0 bridgehead atoms. The van der Waals surface area contributed by atoms with E-state index in [9.17, 15) is 0 Å². The molecule has 13 heavy (non-hydrogen) atoms. The molecule has 1 saturated heterocycles. The molecule has 0 amide bonds. The molecule has 2 heterocycles. The molecule has 0 saturated carbocycles. The topological polar surface area (TPSA) is 35.2 Å². The standard InChI is InChI=1S/C10H15NOS/c11-10(3-5-12-6-4-10)8-9-2-1-7-13-9/h1-2,7H,3-6,8,11H2. The molecule has 1 aliphatic rings. The van der Waals surface area contributed by atoms with Gasteiger partial charge in [-0.25, -0.2) is 0 Å². The highest BCUT2D eigenvalue weighted by molar-refractivity contribution is 7.09. The minimum Gasteiger partial charge on any atom is -0.381 e. The summed E-state index contributed by atoms with van der Waals surface area (Å²) in [5.41, 5.74) is 6.27. The second kappa shape index (κ2) is 3.78. The third kappa shape index (κ3) is 2.30. The van der Waals surface area contributed by atoms with Gasteiger partial charge >= 0.3 is 0 Å². The fraction of sp³-hybridized carbons (Fsp3) is 0.600. The average Bonchev–Trinajstić information content (AvgIpc) is 2.57. The molecule has 0 aromatic carbocycles. The Labute approximate surface area is 82.7 Å². The first-order valence-corrected chi connectivity index (χ1v) is 5.56. The number of rotatable bonds is 2. The molecule has 1 aliphatic heterocycles. The molecule has 1 fully saturated rings. The highest BCUT2D eigenvalue weighted by atomic mass is 32.1. The summed E-state index contributed by atoms with van der Waals surface area (Å²) in [6, 6.07) is 4.25. The van der Waals surface area contributed by atoms with Crippen molar-refractivity contribution in [3.8, 4) is 0 Å². The second-order valence-electron chi connectivity index (χ2n) is 3.73. The maximum atomic E-state index is 6.28. The van der Waals surface area contributed by atoms with Crippen LogP contribution in [0.4, 0.5) is 0 Å². The third-order valence-corrected chi connectivity index (χ3v) is 3.47. The van der Waals surface area contributed by atoms with E-state index in [0.29, 0.717) is 0 Å². The maximum Gasteiger partial charge on any atom is 0.0483 e. The lowest BCUT2D eigenvalue weighted by Crippen LogP contribution is -2.46. The Kier molecular flexibility index (Phi) is 2.67. The van der Waals surface area contributed by atoms with Gasteiger partial charge in [-0.3, -0.25) is 0 Å². The Bertz CT molecular complexity index is 252. The molecule has 0 unspecified atom stereocenters. The van der Waals surface area contributed by atoms with Crippen molar-refractivity contribution in [3.63, 3.8) is 0 Å². The largest absolute Gasteiger partial charge is 0.381 e. The first-order chi connectivity index (χ1) is 6.29. The van der Waals surface area contributed by atoms with Crippen LogP contribution < -0.4 is 5.73 Å². The Morgan fingerprint density at radius 1 is 1.46 bits per heavy atom. The summed E-state index contributed by atoms with van der Waals surface area (Å²) in [6.45, 7) is 1.64. The SMILES string of the molecule is NC1(Cc2cccs2)CCOCC1. The summed E-state index contributed by atoms with van der Waals surface area (Å²) in [5.74, 6) is 0. The lowest BCUT2D eigenvalue weighted by atomic mass is 9.87. The molecule has 1 aromatic rings. The van der Waals surface area contributed by atoms with Gasteiger partial charge in [-0.05, 0) is 30.7 Å². The van der Waals surface area contributed by atoms with Gasteiger partial charge in [-0.15, -0.1) is 11.3 Å². The number of hydrogen-bond acceptors (Lipinski definition) is 3. The van der Waals surface area contributed by atoms with Gasteiger partial charge in [0.2, 0.25) is 0 Å². The van der Waals surface area contributed by atoms with Crippen molar-refractivity contribution in [1.29, 1.82) is 0 Å². The van der Waals surface area contributed by atoms with E-state index in [0.717, 1.165) is 32.5 Å². The summed E-state index contributed by atoms with van der Waals surface area (Å²) in [6.07, 6.45) is 2.99. The van der Waals surface area contributed by atoms with E-state index in [1.54, 1.807) is 11.3 Å². The van der Waals surface area contributed by atoms with Gasteiger partial charge in [0.15, 0.2) is 0 Å². The van der Waals surface area contributed by atoms with Crippen LogP contribution in [0.25, 0.3) is 0 Å². The van der Waals surface area contributed by atoms with Crippen LogP contribution in [-0.2, 0) is 11.2 Å². The Balaban J connectivity index is 1.99. The van der Waals surface area contributed by atoms with Gasteiger partial charge in [-0.2, -0.15) is 0 Å². The number of hydrogen-bond donors (Lipinski definition) is 1. The molecule has 2 N–H and O–H groups in total. The van der Waals surface area contributed by atoms with E-state index >= 15 is 0 Å². The predicted molar refractivity (Wildman–Crippen MR) is 55.0 cm³/mol. The van der Waals surface area contributed by atoms with Crippen LogP contribution in [0, 0.1) is 0 Å². The fourth-order valence-electron chi connectivity index (χ4n) is 1.71. The number of ether oxygens (including phenoxy) is 1. The first-order valence-electron chi connectivity index (χ1n) is 4.68. The molecular formula is C10H15NOS. The van der Waals surface area contributed by atoms with Crippen molar-refractivity contribution in [2.75, 3.05) is 13.2 Å². The van der Waals surface area contributed by atoms with Crippen molar-refractivity contribution in [2.24, 2.45) is 5.73 Å². The molecule has 3 heteroatoms. The van der Waals surface area contributed by atoms with Gasteiger partial charge < -0.3 is 10.5 Å². The zero-order chi connectivity index (χ0) is 9.15. The minimum absolute atomic E-state index is 0.0108. The Hall–Kier alpha value is -0.380. The zero-order valence-electron chi connectivity index (χ0n) is 7.66. The lowest BCUT2D eigenvalue weighted by molar-refractivity contribution is 0.0536. The summed E-state index contributed by atoms with van der Waals surface area (Å²) < 4.78 is 5.31. The second-order valence-corrected chi connectivity index (χ2v) is 4.76. The van der Waals surface area contributed by atoms with E-state index < -0.39 is 0 Å². The molecule has 1 aromatic heterocycles. The summed E-state index contributed by atoms with van der Waals surface area (Å²) in [5, 5.41) is 2.11. The van der Waals surface area contributed by atoms with Crippen LogP contribution in [0.3, 0.4) is 0 Å². The van der Waals surface area contributed by atoms with Crippen LogP contribution in [0.5, 0.6) is 0 Å². The summed E-state index contributed by atoms with van der Waals surface area (Å²) >= 11 is 1.79. The Morgan fingerprint density at radius 3 is 2.85 bits per heavy atom. The van der Waals surface area contributed by atoms with Crippen LogP contribution in [0.1, 0.15) is 17.7 Å². The maximum absolute atomic E-state index is 6.28. The van der Waals surface area contributed by atoms with Gasteiger partial charge in [-0.1, -0.05) is 6.07 Å². The van der Waals surface area contributed by atoms with Crippen LogP contribution in [0.2, 0.25) is 0 Å². The smallest absolute Gasteiger partial charge is 0.0483 e. The van der Waals surface area contributed by atoms with Crippen molar-refractivity contribution in [3.05, 3.63) is 22.4 Å². The van der Waals surface area contributed by atoms with Crippen LogP contribution in [-0.4, -0.2) is 18.8 Å². The van der Waals surface area contributed by atoms with Crippen LogP contribution >= 0.6 is 11.3 Å². The lowest BCUT2D eigenvalue weighted by Gasteiger charge is -2.32. The summed E-state index contributed by atoms with van der Waals surface area (Å²) in [4.78, 5) is 1.39. The molecule has 0 spiro atoms. The fourth-order valence-corrected chi connectivity index (χ4v) is 2.57. The normalized spacial score (nSPS) is 21.6. The molecular weight excluding hydrogens is 182 g/mol. The number of nitrogens with two attached hydrogens (primary N) is 1. The van der Waals surface area contributed by atoms with Gasteiger partial charge in [0.25, 0.3) is 0 Å². The van der Waals surface area contributed by atoms with E-state index in [2.05, 4.69) is 17.5 Å². The monoisotopic (exact) mass is 197 g/mol. The van der Waals surface area contributed by atoms with Crippen molar-refractivity contribution in [2.45, 2.75) is 24.8 Å². The average molecular weight is 197 g/mol. The van der Waals surface area contributed by atoms with E-state index in [1.807, 2.05) is 0 Å². The molecule has 2 rings (SSSR count). The van der Waals surface area contributed by atoms with E-state index in [-0.39, 0.29) is 5.54 Å². The molecule has 0 atom stereocenters.